The number of aromatic nitrogens is 2. The average molecular weight is 402 g/mol. The summed E-state index contributed by atoms with van der Waals surface area (Å²) in [6, 6.07) is 9.13. The molecule has 8 heteroatoms. The molecule has 1 amide bonds. The average Bonchev–Trinajstić information content (AvgIpc) is 3.14. The lowest BCUT2D eigenvalue weighted by Crippen LogP contribution is -2.17. The Labute approximate surface area is 165 Å². The van der Waals surface area contributed by atoms with Crippen LogP contribution in [0.4, 0.5) is 0 Å². The van der Waals surface area contributed by atoms with E-state index in [0.29, 0.717) is 16.5 Å². The predicted octanol–water partition coefficient (Wildman–Crippen LogP) is 3.57. The largest absolute Gasteiger partial charge is 0.497 e. The summed E-state index contributed by atoms with van der Waals surface area (Å²) in [6.07, 6.45) is 0. The number of primary amides is 1. The van der Waals surface area contributed by atoms with Crippen molar-refractivity contribution in [2.45, 2.75) is 24.8 Å². The van der Waals surface area contributed by atoms with E-state index >= 15 is 0 Å². The second kappa shape index (κ2) is 8.06. The molecule has 0 spiro atoms. The highest BCUT2D eigenvalue weighted by atomic mass is 32.2. The zero-order chi connectivity index (χ0) is 19.6. The lowest BCUT2D eigenvalue weighted by atomic mass is 10.1. The molecule has 0 aliphatic rings. The lowest BCUT2D eigenvalue weighted by Gasteiger charge is -2.08. The van der Waals surface area contributed by atoms with Gasteiger partial charge in [0.15, 0.2) is 5.78 Å². The van der Waals surface area contributed by atoms with Crippen molar-refractivity contribution in [3.63, 3.8) is 0 Å². The van der Waals surface area contributed by atoms with Crippen LogP contribution in [0, 0.1) is 6.92 Å². The number of nitrogens with zero attached hydrogens (tertiary/aromatic N) is 2. The summed E-state index contributed by atoms with van der Waals surface area (Å²) in [5.41, 5.74) is 6.14. The highest BCUT2D eigenvalue weighted by Crippen LogP contribution is 2.30. The molecule has 140 valence electrons. The third kappa shape index (κ3) is 4.28. The smallest absolute Gasteiger partial charge is 0.225 e. The number of rotatable bonds is 7. The van der Waals surface area contributed by atoms with Crippen LogP contribution in [0.25, 0.3) is 10.9 Å². The summed E-state index contributed by atoms with van der Waals surface area (Å²) in [5, 5.41) is 1.60. The number of carbonyl (C=O) groups is 2. The molecule has 27 heavy (non-hydrogen) atoms. The van der Waals surface area contributed by atoms with Gasteiger partial charge in [-0.25, -0.2) is 9.97 Å². The van der Waals surface area contributed by atoms with Gasteiger partial charge in [-0.15, -0.1) is 11.3 Å². The van der Waals surface area contributed by atoms with Crippen molar-refractivity contribution in [1.29, 1.82) is 0 Å². The van der Waals surface area contributed by atoms with E-state index in [0.717, 1.165) is 20.8 Å². The number of thioether (sulfide) groups is 1. The van der Waals surface area contributed by atoms with Gasteiger partial charge in [-0.05, 0) is 44.2 Å². The third-order valence-electron chi connectivity index (χ3n) is 4.07. The minimum atomic E-state index is -0.401. The molecular formula is C19H19N3O3S2. The van der Waals surface area contributed by atoms with Crippen LogP contribution >= 0.6 is 23.1 Å². The van der Waals surface area contributed by atoms with E-state index in [4.69, 9.17) is 10.5 Å². The summed E-state index contributed by atoms with van der Waals surface area (Å²) < 4.78 is 5.28. The van der Waals surface area contributed by atoms with E-state index in [2.05, 4.69) is 9.97 Å². The number of amides is 1. The molecule has 0 aliphatic heterocycles. The van der Waals surface area contributed by atoms with E-state index in [-0.39, 0.29) is 11.5 Å². The van der Waals surface area contributed by atoms with Gasteiger partial charge in [0.05, 0.1) is 29.2 Å². The molecule has 2 heterocycles. The minimum absolute atomic E-state index is 0.0137. The number of fused-ring (bicyclic) bond motifs is 1. The molecule has 0 saturated carbocycles. The zero-order valence-corrected chi connectivity index (χ0v) is 16.8. The number of ether oxygens (including phenoxy) is 1. The molecule has 6 nitrogen and oxygen atoms in total. The maximum Gasteiger partial charge on any atom is 0.225 e. The molecule has 3 rings (SSSR count). The van der Waals surface area contributed by atoms with Crippen molar-refractivity contribution in [2.24, 2.45) is 5.73 Å². The Kier molecular flexibility index (Phi) is 5.76. The number of nitrogens with two attached hydrogens (primary N) is 1. The van der Waals surface area contributed by atoms with E-state index in [9.17, 15) is 9.59 Å². The lowest BCUT2D eigenvalue weighted by molar-refractivity contribution is -0.119. The Balaban J connectivity index is 1.80. The molecule has 0 fully saturated rings. The molecule has 0 aliphatic carbocycles. The van der Waals surface area contributed by atoms with Gasteiger partial charge >= 0.3 is 0 Å². The van der Waals surface area contributed by atoms with Crippen LogP contribution in [0.5, 0.6) is 5.75 Å². The minimum Gasteiger partial charge on any atom is -0.497 e. The number of aryl methyl sites for hydroxylation is 1. The van der Waals surface area contributed by atoms with Gasteiger partial charge in [-0.2, -0.15) is 0 Å². The molecule has 0 radical (unpaired) electrons. The molecule has 1 atom stereocenters. The van der Waals surface area contributed by atoms with Gasteiger partial charge in [0, 0.05) is 10.3 Å². The Morgan fingerprint density at radius 2 is 2.04 bits per heavy atom. The van der Waals surface area contributed by atoms with E-state index in [1.165, 1.54) is 23.1 Å². The van der Waals surface area contributed by atoms with E-state index in [1.54, 1.807) is 26.2 Å². The maximum atomic E-state index is 12.6. The van der Waals surface area contributed by atoms with Crippen molar-refractivity contribution < 1.29 is 14.3 Å². The fourth-order valence-electron chi connectivity index (χ4n) is 2.51. The van der Waals surface area contributed by atoms with Crippen molar-refractivity contribution in [2.75, 3.05) is 12.9 Å². The van der Waals surface area contributed by atoms with Crippen LogP contribution in [0.3, 0.4) is 0 Å². The zero-order valence-electron chi connectivity index (χ0n) is 15.2. The quantitative estimate of drug-likeness (QED) is 0.369. The number of hydrogen-bond acceptors (Lipinski definition) is 7. The summed E-state index contributed by atoms with van der Waals surface area (Å²) in [4.78, 5) is 34.2. The van der Waals surface area contributed by atoms with Gasteiger partial charge in [0.25, 0.3) is 0 Å². The number of benzene rings is 1. The highest BCUT2D eigenvalue weighted by Gasteiger charge is 2.18. The number of carbonyl (C=O) groups excluding carboxylic acids is 2. The Bertz CT molecular complexity index is 1020. The molecule has 0 saturated heterocycles. The topological polar surface area (TPSA) is 95.2 Å². The summed E-state index contributed by atoms with van der Waals surface area (Å²) in [5.74, 6) is 0.795. The van der Waals surface area contributed by atoms with Crippen LogP contribution in [0.2, 0.25) is 0 Å². The van der Waals surface area contributed by atoms with Gasteiger partial charge in [-0.3, -0.25) is 9.59 Å². The van der Waals surface area contributed by atoms with Crippen LogP contribution in [-0.2, 0) is 4.79 Å². The molecular weight excluding hydrogens is 382 g/mol. The number of thiophene rings is 1. The van der Waals surface area contributed by atoms with Gasteiger partial charge < -0.3 is 10.5 Å². The van der Waals surface area contributed by atoms with Crippen molar-refractivity contribution >= 4 is 45.7 Å². The highest BCUT2D eigenvalue weighted by molar-refractivity contribution is 8.00. The van der Waals surface area contributed by atoms with E-state index in [1.807, 2.05) is 25.1 Å². The van der Waals surface area contributed by atoms with Gasteiger partial charge in [0.2, 0.25) is 5.91 Å². The first-order valence-corrected chi connectivity index (χ1v) is 10.1. The summed E-state index contributed by atoms with van der Waals surface area (Å²) in [7, 11) is 1.61. The molecule has 1 aromatic carbocycles. The van der Waals surface area contributed by atoms with Crippen LogP contribution in [-0.4, -0.2) is 34.5 Å². The third-order valence-corrected chi connectivity index (χ3v) is 6.38. The molecule has 0 bridgehead atoms. The Morgan fingerprint density at radius 1 is 1.26 bits per heavy atom. The Hall–Kier alpha value is -2.45. The fourth-order valence-corrected chi connectivity index (χ4v) is 4.54. The normalized spacial score (nSPS) is 12.1. The second-order valence-corrected chi connectivity index (χ2v) is 8.08. The predicted molar refractivity (Wildman–Crippen MR) is 108 cm³/mol. The first-order chi connectivity index (χ1) is 12.9. The number of methoxy groups -OCH3 is 1. The van der Waals surface area contributed by atoms with Crippen LogP contribution in [0.15, 0.2) is 35.4 Å². The molecule has 2 N–H and O–H groups in total. The van der Waals surface area contributed by atoms with Crippen LogP contribution in [0.1, 0.15) is 33.2 Å². The SMILES string of the molecule is COc1ccc2nc(C)nc(SCC(=O)c3ccc([C@@H](C)C(N)=O)s3)c2c1. The standard InChI is InChI=1S/C19H19N3O3S2/c1-10(18(20)24)16-6-7-17(27-16)15(23)9-26-19-13-8-12(25-3)4-5-14(13)21-11(2)22-19/h4-8,10H,9H2,1-3H3,(H2,20,24)/t10-/m1/s1. The number of hydrogen-bond donors (Lipinski definition) is 1. The molecule has 3 aromatic rings. The summed E-state index contributed by atoms with van der Waals surface area (Å²) in [6.45, 7) is 3.56. The number of ketones is 1. The monoisotopic (exact) mass is 401 g/mol. The van der Waals surface area contributed by atoms with Crippen molar-refractivity contribution in [1.82, 2.24) is 9.97 Å². The van der Waals surface area contributed by atoms with E-state index < -0.39 is 11.8 Å². The van der Waals surface area contributed by atoms with Crippen molar-refractivity contribution in [3.05, 3.63) is 45.9 Å². The second-order valence-electron chi connectivity index (χ2n) is 6.00. The van der Waals surface area contributed by atoms with Gasteiger partial charge in [-0.1, -0.05) is 11.8 Å². The fraction of sp³-hybridized carbons (Fsp3) is 0.263. The first-order valence-electron chi connectivity index (χ1n) is 8.26. The summed E-state index contributed by atoms with van der Waals surface area (Å²) >= 11 is 2.68. The van der Waals surface area contributed by atoms with Crippen LogP contribution < -0.4 is 10.5 Å². The molecule has 0 unspecified atom stereocenters. The van der Waals surface area contributed by atoms with Gasteiger partial charge in [0.1, 0.15) is 16.6 Å². The number of Topliss-reactive ketones (excluding diaryl/α,β-unsaturated/α-hetero) is 1. The maximum absolute atomic E-state index is 12.6. The Morgan fingerprint density at radius 3 is 2.74 bits per heavy atom. The van der Waals surface area contributed by atoms with Crippen molar-refractivity contribution in [3.8, 4) is 5.75 Å². The first kappa shape index (κ1) is 19.3. The molecule has 2 aromatic heterocycles.